The number of anilines is 1. The number of ether oxygens (including phenoxy) is 3. The molecule has 0 radical (unpaired) electrons. The van der Waals surface area contributed by atoms with Crippen LogP contribution in [0.2, 0.25) is 0 Å². The Morgan fingerprint density at radius 1 is 0.900 bits per heavy atom. The van der Waals surface area contributed by atoms with Crippen LogP contribution in [0.4, 0.5) is 5.82 Å². The maximum Gasteiger partial charge on any atom is 0.203 e. The van der Waals surface area contributed by atoms with Crippen LogP contribution in [0.5, 0.6) is 17.2 Å². The number of hydrogen-bond donors (Lipinski definition) is 1. The van der Waals surface area contributed by atoms with Gasteiger partial charge in [-0.15, -0.1) is 0 Å². The van der Waals surface area contributed by atoms with E-state index in [1.165, 1.54) is 0 Å². The molecule has 106 valence electrons. The maximum atomic E-state index is 5.46. The van der Waals surface area contributed by atoms with Crippen molar-refractivity contribution in [2.24, 2.45) is 0 Å². The second-order valence-corrected chi connectivity index (χ2v) is 3.89. The molecule has 0 spiro atoms. The van der Waals surface area contributed by atoms with Crippen LogP contribution >= 0.6 is 0 Å². The molecule has 0 fully saturated rings. The highest BCUT2D eigenvalue weighted by molar-refractivity contribution is 5.80. The maximum absolute atomic E-state index is 5.46. The van der Waals surface area contributed by atoms with Gasteiger partial charge in [-0.25, -0.2) is 4.98 Å². The molecule has 0 amide bonds. The summed E-state index contributed by atoms with van der Waals surface area (Å²) in [6.07, 6.45) is 3.26. The zero-order chi connectivity index (χ0) is 14.5. The molecule has 1 heterocycles. The van der Waals surface area contributed by atoms with E-state index >= 15 is 0 Å². The van der Waals surface area contributed by atoms with Gasteiger partial charge in [-0.1, -0.05) is 0 Å². The molecule has 0 saturated heterocycles. The Morgan fingerprint density at radius 3 is 2.20 bits per heavy atom. The molecule has 0 aliphatic carbocycles. The number of nitrogens with one attached hydrogen (secondary N) is 1. The molecule has 0 aliphatic heterocycles. The van der Waals surface area contributed by atoms with Crippen molar-refractivity contribution in [2.75, 3.05) is 33.7 Å². The fourth-order valence-electron chi connectivity index (χ4n) is 2.01. The molecule has 0 bridgehead atoms. The summed E-state index contributed by atoms with van der Waals surface area (Å²) in [6.45, 7) is 0. The summed E-state index contributed by atoms with van der Waals surface area (Å²) in [6, 6.07) is 3.68. The van der Waals surface area contributed by atoms with Crippen LogP contribution in [0.25, 0.3) is 11.3 Å². The third-order valence-corrected chi connectivity index (χ3v) is 2.89. The zero-order valence-electron chi connectivity index (χ0n) is 11.9. The Balaban J connectivity index is 2.68. The average molecular weight is 275 g/mol. The molecular weight excluding hydrogens is 258 g/mol. The normalized spacial score (nSPS) is 10.0. The lowest BCUT2D eigenvalue weighted by Crippen LogP contribution is -2.01. The third kappa shape index (κ3) is 2.32. The SMILES string of the molecule is CNc1nccnc1-c1ccc(OC)c(OC)c1OC. The average Bonchev–Trinajstić information content (AvgIpc) is 2.53. The first-order chi connectivity index (χ1) is 9.76. The van der Waals surface area contributed by atoms with Gasteiger partial charge in [0.15, 0.2) is 17.3 Å². The summed E-state index contributed by atoms with van der Waals surface area (Å²) in [7, 11) is 6.52. The lowest BCUT2D eigenvalue weighted by atomic mass is 10.1. The standard InChI is InChI=1S/C14H17N3O3/c1-15-14-11(16-7-8-17-14)9-5-6-10(18-2)13(20-4)12(9)19-3/h5-8H,1-4H3,(H,15,17). The lowest BCUT2D eigenvalue weighted by molar-refractivity contribution is 0.325. The number of aromatic nitrogens is 2. The molecule has 0 unspecified atom stereocenters. The van der Waals surface area contributed by atoms with E-state index in [1.807, 2.05) is 12.1 Å². The first kappa shape index (κ1) is 13.9. The quantitative estimate of drug-likeness (QED) is 0.902. The van der Waals surface area contributed by atoms with E-state index in [9.17, 15) is 0 Å². The van der Waals surface area contributed by atoms with Crippen LogP contribution in [0.15, 0.2) is 24.5 Å². The van der Waals surface area contributed by atoms with Crippen LogP contribution in [0, 0.1) is 0 Å². The Kier molecular flexibility index (Phi) is 4.24. The van der Waals surface area contributed by atoms with E-state index in [-0.39, 0.29) is 0 Å². The highest BCUT2D eigenvalue weighted by Crippen LogP contribution is 2.44. The number of nitrogens with zero attached hydrogens (tertiary/aromatic N) is 2. The number of methoxy groups -OCH3 is 3. The summed E-state index contributed by atoms with van der Waals surface area (Å²) >= 11 is 0. The fraction of sp³-hybridized carbons (Fsp3) is 0.286. The number of rotatable bonds is 5. The van der Waals surface area contributed by atoms with Crippen LogP contribution < -0.4 is 19.5 Å². The Bertz CT molecular complexity index is 602. The van der Waals surface area contributed by atoms with E-state index in [0.29, 0.717) is 28.8 Å². The van der Waals surface area contributed by atoms with Crippen molar-refractivity contribution in [2.45, 2.75) is 0 Å². The lowest BCUT2D eigenvalue weighted by Gasteiger charge is -2.16. The summed E-state index contributed by atoms with van der Waals surface area (Å²) in [5.74, 6) is 2.35. The topological polar surface area (TPSA) is 65.5 Å². The Hall–Kier alpha value is -2.50. The van der Waals surface area contributed by atoms with E-state index < -0.39 is 0 Å². The van der Waals surface area contributed by atoms with Gasteiger partial charge in [-0.3, -0.25) is 4.98 Å². The van der Waals surface area contributed by atoms with E-state index in [4.69, 9.17) is 14.2 Å². The number of hydrogen-bond acceptors (Lipinski definition) is 6. The smallest absolute Gasteiger partial charge is 0.203 e. The summed E-state index contributed by atoms with van der Waals surface area (Å²) in [5.41, 5.74) is 1.47. The van der Waals surface area contributed by atoms with Gasteiger partial charge >= 0.3 is 0 Å². The van der Waals surface area contributed by atoms with Gasteiger partial charge in [0.05, 0.1) is 26.9 Å². The predicted molar refractivity (Wildman–Crippen MR) is 76.7 cm³/mol. The summed E-state index contributed by atoms with van der Waals surface area (Å²) in [5, 5.41) is 3.01. The minimum Gasteiger partial charge on any atom is -0.493 e. The number of benzene rings is 1. The van der Waals surface area contributed by atoms with Crippen molar-refractivity contribution in [1.29, 1.82) is 0 Å². The first-order valence-electron chi connectivity index (χ1n) is 6.04. The zero-order valence-corrected chi connectivity index (χ0v) is 11.9. The van der Waals surface area contributed by atoms with Crippen molar-refractivity contribution < 1.29 is 14.2 Å². The van der Waals surface area contributed by atoms with Crippen molar-refractivity contribution in [3.8, 4) is 28.5 Å². The van der Waals surface area contributed by atoms with Crippen molar-refractivity contribution in [3.05, 3.63) is 24.5 Å². The molecule has 1 N–H and O–H groups in total. The van der Waals surface area contributed by atoms with Gasteiger partial charge in [0.25, 0.3) is 0 Å². The second kappa shape index (κ2) is 6.10. The minimum atomic E-state index is 0.528. The van der Waals surface area contributed by atoms with Gasteiger partial charge in [0.2, 0.25) is 5.75 Å². The van der Waals surface area contributed by atoms with E-state index in [2.05, 4.69) is 15.3 Å². The molecule has 6 nitrogen and oxygen atoms in total. The Morgan fingerprint density at radius 2 is 1.60 bits per heavy atom. The van der Waals surface area contributed by atoms with Gasteiger partial charge < -0.3 is 19.5 Å². The molecule has 2 rings (SSSR count). The minimum absolute atomic E-state index is 0.528. The molecule has 20 heavy (non-hydrogen) atoms. The molecule has 6 heteroatoms. The van der Waals surface area contributed by atoms with E-state index in [0.717, 1.165) is 5.56 Å². The first-order valence-corrected chi connectivity index (χ1v) is 6.04. The molecule has 1 aromatic heterocycles. The highest BCUT2D eigenvalue weighted by Gasteiger charge is 2.19. The van der Waals surface area contributed by atoms with Crippen molar-refractivity contribution in [3.63, 3.8) is 0 Å². The van der Waals surface area contributed by atoms with Crippen LogP contribution in [-0.2, 0) is 0 Å². The summed E-state index contributed by atoms with van der Waals surface area (Å²) in [4.78, 5) is 8.60. The largest absolute Gasteiger partial charge is 0.493 e. The molecule has 0 atom stereocenters. The molecule has 0 saturated carbocycles. The van der Waals surface area contributed by atoms with Crippen LogP contribution in [0.1, 0.15) is 0 Å². The fourth-order valence-corrected chi connectivity index (χ4v) is 2.01. The van der Waals surface area contributed by atoms with Crippen LogP contribution in [0.3, 0.4) is 0 Å². The van der Waals surface area contributed by atoms with Gasteiger partial charge in [0.1, 0.15) is 5.69 Å². The highest BCUT2D eigenvalue weighted by atomic mass is 16.5. The van der Waals surface area contributed by atoms with E-state index in [1.54, 1.807) is 40.8 Å². The van der Waals surface area contributed by atoms with Crippen LogP contribution in [-0.4, -0.2) is 38.3 Å². The van der Waals surface area contributed by atoms with Crippen molar-refractivity contribution in [1.82, 2.24) is 9.97 Å². The molecular formula is C14H17N3O3. The van der Waals surface area contributed by atoms with Gasteiger partial charge in [-0.2, -0.15) is 0 Å². The Labute approximate surface area is 117 Å². The third-order valence-electron chi connectivity index (χ3n) is 2.89. The molecule has 0 aliphatic rings. The summed E-state index contributed by atoms with van der Waals surface area (Å²) < 4.78 is 16.1. The second-order valence-electron chi connectivity index (χ2n) is 3.89. The van der Waals surface area contributed by atoms with Gasteiger partial charge in [-0.05, 0) is 12.1 Å². The van der Waals surface area contributed by atoms with Crippen molar-refractivity contribution >= 4 is 5.82 Å². The monoisotopic (exact) mass is 275 g/mol. The van der Waals surface area contributed by atoms with Gasteiger partial charge in [0, 0.05) is 19.4 Å². The molecule has 1 aromatic carbocycles. The predicted octanol–water partition coefficient (Wildman–Crippen LogP) is 2.21. The molecule has 2 aromatic rings.